The molecule has 5 nitrogen and oxygen atoms in total. The molecule has 3 rings (SSSR count). The van der Waals surface area contributed by atoms with E-state index in [-0.39, 0.29) is 30.0 Å². The largest absolute Gasteiger partial charge is 0.396 e. The van der Waals surface area contributed by atoms with Crippen LogP contribution in [0.1, 0.15) is 30.1 Å². The maximum Gasteiger partial charge on any atom is 0.256 e. The molecular weight excluding hydrogens is 305 g/mol. The van der Waals surface area contributed by atoms with E-state index in [4.69, 9.17) is 12.2 Å². The standard InChI is InChI=1S/C15H18FN3O2S/c1-8-2-3-9(7-20)6-19(8)14(21)11-4-10(16)5-12-13(11)18-15(22)17-12/h4-5,8-9,20H,2-3,6-7H2,1H3,(H2,17,18,22). The van der Waals surface area contributed by atoms with Gasteiger partial charge in [-0.1, -0.05) is 0 Å². The SMILES string of the molecule is CC1CCC(CO)CN1C(=O)c1cc(F)cc2[nH]c(=S)[nH]c12. The number of aliphatic hydroxyl groups is 1. The maximum atomic E-state index is 13.8. The van der Waals surface area contributed by atoms with Crippen molar-refractivity contribution in [3.63, 3.8) is 0 Å². The van der Waals surface area contributed by atoms with Crippen molar-refractivity contribution >= 4 is 29.2 Å². The molecule has 1 fully saturated rings. The van der Waals surface area contributed by atoms with Gasteiger partial charge >= 0.3 is 0 Å². The van der Waals surface area contributed by atoms with E-state index >= 15 is 0 Å². The summed E-state index contributed by atoms with van der Waals surface area (Å²) < 4.78 is 14.2. The van der Waals surface area contributed by atoms with Gasteiger partial charge in [-0.05, 0) is 50.0 Å². The highest BCUT2D eigenvalue weighted by atomic mass is 32.1. The van der Waals surface area contributed by atoms with Crippen LogP contribution < -0.4 is 0 Å². The summed E-state index contributed by atoms with van der Waals surface area (Å²) in [5.74, 6) is -0.640. The van der Waals surface area contributed by atoms with Gasteiger partial charge in [0.25, 0.3) is 5.91 Å². The summed E-state index contributed by atoms with van der Waals surface area (Å²) in [5.41, 5.74) is 1.28. The Morgan fingerprint density at radius 3 is 2.95 bits per heavy atom. The summed E-state index contributed by atoms with van der Waals surface area (Å²) in [7, 11) is 0. The first kappa shape index (κ1) is 15.2. The fourth-order valence-electron chi connectivity index (χ4n) is 3.04. The number of likely N-dealkylation sites (tertiary alicyclic amines) is 1. The Kier molecular flexibility index (Phi) is 4.01. The second kappa shape index (κ2) is 5.81. The van der Waals surface area contributed by atoms with Gasteiger partial charge in [-0.15, -0.1) is 0 Å². The third kappa shape index (κ3) is 2.66. The summed E-state index contributed by atoms with van der Waals surface area (Å²) in [6, 6.07) is 2.61. The van der Waals surface area contributed by atoms with Crippen LogP contribution in [0, 0.1) is 16.5 Å². The topological polar surface area (TPSA) is 72.1 Å². The van der Waals surface area contributed by atoms with Crippen molar-refractivity contribution in [2.45, 2.75) is 25.8 Å². The fourth-order valence-corrected chi connectivity index (χ4v) is 3.26. The number of nitrogens with one attached hydrogen (secondary N) is 2. The number of carbonyl (C=O) groups excluding carboxylic acids is 1. The van der Waals surface area contributed by atoms with E-state index in [9.17, 15) is 14.3 Å². The van der Waals surface area contributed by atoms with Crippen LogP contribution in [0.4, 0.5) is 4.39 Å². The zero-order valence-corrected chi connectivity index (χ0v) is 13.0. The van der Waals surface area contributed by atoms with E-state index in [1.807, 2.05) is 6.92 Å². The third-order valence-corrected chi connectivity index (χ3v) is 4.52. The summed E-state index contributed by atoms with van der Waals surface area (Å²) in [6.45, 7) is 2.52. The predicted octanol–water partition coefficient (Wildman–Crippen LogP) is 2.60. The average Bonchev–Trinajstić information content (AvgIpc) is 2.86. The molecular formula is C15H18FN3O2S. The number of aromatic amines is 2. The number of nitrogens with zero attached hydrogens (tertiary/aromatic N) is 1. The molecule has 3 N–H and O–H groups in total. The minimum atomic E-state index is -0.482. The summed E-state index contributed by atoms with van der Waals surface area (Å²) in [5, 5.41) is 9.34. The summed E-state index contributed by atoms with van der Waals surface area (Å²) >= 11 is 5.03. The van der Waals surface area contributed by atoms with Crippen LogP contribution in [0.5, 0.6) is 0 Å². The predicted molar refractivity (Wildman–Crippen MR) is 83.7 cm³/mol. The van der Waals surface area contributed by atoms with Crippen molar-refractivity contribution in [1.29, 1.82) is 0 Å². The minimum Gasteiger partial charge on any atom is -0.396 e. The van der Waals surface area contributed by atoms with E-state index in [1.54, 1.807) is 4.90 Å². The van der Waals surface area contributed by atoms with E-state index < -0.39 is 5.82 Å². The number of hydrogen-bond donors (Lipinski definition) is 3. The Hall–Kier alpha value is -1.73. The molecule has 0 bridgehead atoms. The van der Waals surface area contributed by atoms with Crippen LogP contribution in [-0.2, 0) is 0 Å². The number of halogens is 1. The lowest BCUT2D eigenvalue weighted by molar-refractivity contribution is 0.0490. The second-order valence-corrected chi connectivity index (χ2v) is 6.30. The molecule has 1 aliphatic rings. The third-order valence-electron chi connectivity index (χ3n) is 4.32. The maximum absolute atomic E-state index is 13.8. The van der Waals surface area contributed by atoms with E-state index in [2.05, 4.69) is 9.97 Å². The van der Waals surface area contributed by atoms with Gasteiger partial charge in [0.05, 0.1) is 16.6 Å². The van der Waals surface area contributed by atoms with Crippen LogP contribution in [0.25, 0.3) is 11.0 Å². The average molecular weight is 323 g/mol. The zero-order valence-electron chi connectivity index (χ0n) is 12.2. The van der Waals surface area contributed by atoms with Crippen LogP contribution in [0.3, 0.4) is 0 Å². The van der Waals surface area contributed by atoms with Gasteiger partial charge in [0.2, 0.25) is 0 Å². The lowest BCUT2D eigenvalue weighted by Crippen LogP contribution is -2.46. The highest BCUT2D eigenvalue weighted by Gasteiger charge is 2.30. The number of imidazole rings is 1. The van der Waals surface area contributed by atoms with Crippen molar-refractivity contribution in [3.8, 4) is 0 Å². The van der Waals surface area contributed by atoms with Crippen LogP contribution in [-0.4, -0.2) is 45.1 Å². The molecule has 0 saturated carbocycles. The number of piperidine rings is 1. The van der Waals surface area contributed by atoms with Crippen LogP contribution in [0.2, 0.25) is 0 Å². The molecule has 1 aromatic carbocycles. The number of aliphatic hydroxyl groups excluding tert-OH is 1. The molecule has 118 valence electrons. The number of amides is 1. The monoisotopic (exact) mass is 323 g/mol. The summed E-state index contributed by atoms with van der Waals surface area (Å²) in [6.07, 6.45) is 1.73. The van der Waals surface area contributed by atoms with Gasteiger partial charge in [-0.3, -0.25) is 4.79 Å². The first-order chi connectivity index (χ1) is 10.5. The zero-order chi connectivity index (χ0) is 15.9. The molecule has 1 saturated heterocycles. The molecule has 2 atom stereocenters. The quantitative estimate of drug-likeness (QED) is 0.744. The number of H-pyrrole nitrogens is 2. The molecule has 1 amide bonds. The van der Waals surface area contributed by atoms with Gasteiger partial charge < -0.3 is 20.0 Å². The van der Waals surface area contributed by atoms with Gasteiger partial charge in [-0.25, -0.2) is 4.39 Å². The van der Waals surface area contributed by atoms with Crippen molar-refractivity contribution in [3.05, 3.63) is 28.3 Å². The molecule has 7 heteroatoms. The number of aromatic nitrogens is 2. The van der Waals surface area contributed by atoms with E-state index in [0.29, 0.717) is 22.3 Å². The number of benzene rings is 1. The first-order valence-corrected chi connectivity index (χ1v) is 7.73. The number of rotatable bonds is 2. The molecule has 22 heavy (non-hydrogen) atoms. The van der Waals surface area contributed by atoms with Crippen molar-refractivity contribution in [2.75, 3.05) is 13.2 Å². The van der Waals surface area contributed by atoms with E-state index in [0.717, 1.165) is 12.8 Å². The normalized spacial score (nSPS) is 22.2. The Morgan fingerprint density at radius 2 is 2.23 bits per heavy atom. The number of hydrogen-bond acceptors (Lipinski definition) is 3. The van der Waals surface area contributed by atoms with Crippen molar-refractivity contribution in [2.24, 2.45) is 5.92 Å². The highest BCUT2D eigenvalue weighted by Crippen LogP contribution is 2.26. The molecule has 2 aromatic rings. The highest BCUT2D eigenvalue weighted by molar-refractivity contribution is 7.71. The summed E-state index contributed by atoms with van der Waals surface area (Å²) in [4.78, 5) is 20.3. The number of fused-ring (bicyclic) bond motifs is 1. The van der Waals surface area contributed by atoms with E-state index in [1.165, 1.54) is 12.1 Å². The van der Waals surface area contributed by atoms with Gasteiger partial charge in [-0.2, -0.15) is 0 Å². The molecule has 0 aliphatic carbocycles. The Bertz CT molecular complexity index is 770. The molecule has 0 radical (unpaired) electrons. The van der Waals surface area contributed by atoms with Crippen molar-refractivity contribution in [1.82, 2.24) is 14.9 Å². The number of carbonyl (C=O) groups is 1. The smallest absolute Gasteiger partial charge is 0.256 e. The lowest BCUT2D eigenvalue weighted by Gasteiger charge is -2.37. The molecule has 2 heterocycles. The van der Waals surface area contributed by atoms with Crippen molar-refractivity contribution < 1.29 is 14.3 Å². The molecule has 1 aliphatic heterocycles. The molecule has 1 aromatic heterocycles. The van der Waals surface area contributed by atoms with Gasteiger partial charge in [0.1, 0.15) is 5.82 Å². The Morgan fingerprint density at radius 1 is 1.45 bits per heavy atom. The molecule has 2 unspecified atom stereocenters. The Labute approximate surface area is 132 Å². The Balaban J connectivity index is 2.02. The fraction of sp³-hybridized carbons (Fsp3) is 0.467. The second-order valence-electron chi connectivity index (χ2n) is 5.89. The van der Waals surface area contributed by atoms with Crippen LogP contribution in [0.15, 0.2) is 12.1 Å². The first-order valence-electron chi connectivity index (χ1n) is 7.33. The lowest BCUT2D eigenvalue weighted by atomic mass is 9.93. The van der Waals surface area contributed by atoms with Gasteiger partial charge in [0, 0.05) is 19.2 Å². The minimum absolute atomic E-state index is 0.0572. The van der Waals surface area contributed by atoms with Gasteiger partial charge in [0.15, 0.2) is 4.77 Å². The molecule has 0 spiro atoms. The van der Waals surface area contributed by atoms with Crippen LogP contribution >= 0.6 is 12.2 Å².